The largest absolute Gasteiger partial charge is 0.496 e. The summed E-state index contributed by atoms with van der Waals surface area (Å²) in [4.78, 5) is 5.51. The van der Waals surface area contributed by atoms with Crippen molar-refractivity contribution in [1.29, 1.82) is 0 Å². The highest BCUT2D eigenvalue weighted by atomic mass is 35.5. The van der Waals surface area contributed by atoms with E-state index < -0.39 is 0 Å². The predicted molar refractivity (Wildman–Crippen MR) is 80.1 cm³/mol. The van der Waals surface area contributed by atoms with Crippen molar-refractivity contribution in [2.24, 2.45) is 0 Å². The van der Waals surface area contributed by atoms with Gasteiger partial charge in [-0.3, -0.25) is 0 Å². The van der Waals surface area contributed by atoms with Gasteiger partial charge in [-0.25, -0.2) is 4.98 Å². The zero-order valence-corrected chi connectivity index (χ0v) is 12.8. The zero-order chi connectivity index (χ0) is 13.8. The van der Waals surface area contributed by atoms with Crippen molar-refractivity contribution in [2.45, 2.75) is 26.4 Å². The molecule has 0 saturated carbocycles. The van der Waals surface area contributed by atoms with Crippen molar-refractivity contribution < 1.29 is 4.74 Å². The number of thiazole rings is 1. The molecule has 0 amide bonds. The van der Waals surface area contributed by atoms with E-state index in [1.165, 1.54) is 4.88 Å². The summed E-state index contributed by atoms with van der Waals surface area (Å²) in [7, 11) is 1.67. The average molecular weight is 297 g/mol. The second-order valence-electron chi connectivity index (χ2n) is 4.35. The first-order chi connectivity index (χ1) is 9.11. The van der Waals surface area contributed by atoms with E-state index in [9.17, 15) is 0 Å². The zero-order valence-electron chi connectivity index (χ0n) is 11.2. The molecule has 1 N–H and O–H groups in total. The smallest absolute Gasteiger partial charge is 0.123 e. The lowest BCUT2D eigenvalue weighted by Crippen LogP contribution is -2.18. The van der Waals surface area contributed by atoms with Gasteiger partial charge in [-0.15, -0.1) is 11.3 Å². The molecular weight excluding hydrogens is 280 g/mol. The summed E-state index contributed by atoms with van der Waals surface area (Å²) < 4.78 is 5.37. The summed E-state index contributed by atoms with van der Waals surface area (Å²) in [5.41, 5.74) is 4.02. The third-order valence-corrected chi connectivity index (χ3v) is 4.24. The first kappa shape index (κ1) is 14.3. The van der Waals surface area contributed by atoms with E-state index in [0.29, 0.717) is 0 Å². The summed E-state index contributed by atoms with van der Waals surface area (Å²) in [5, 5.41) is 4.20. The van der Waals surface area contributed by atoms with Gasteiger partial charge in [-0.05, 0) is 32.0 Å². The topological polar surface area (TPSA) is 34.1 Å². The summed E-state index contributed by atoms with van der Waals surface area (Å²) >= 11 is 7.72. The molecule has 0 aliphatic rings. The summed E-state index contributed by atoms with van der Waals surface area (Å²) in [6.07, 6.45) is 0. The van der Waals surface area contributed by atoms with E-state index in [1.54, 1.807) is 18.4 Å². The van der Waals surface area contributed by atoms with Gasteiger partial charge >= 0.3 is 0 Å². The van der Waals surface area contributed by atoms with Crippen molar-refractivity contribution in [3.05, 3.63) is 44.9 Å². The maximum absolute atomic E-state index is 6.05. The fourth-order valence-corrected chi connectivity index (χ4v) is 2.80. The Labute approximate surface area is 122 Å². The number of aromatic nitrogens is 1. The number of methoxy groups -OCH3 is 1. The molecule has 0 spiro atoms. The molecule has 1 aromatic carbocycles. The van der Waals surface area contributed by atoms with Crippen LogP contribution >= 0.6 is 22.9 Å². The number of nitrogens with zero attached hydrogens (tertiary/aromatic N) is 1. The van der Waals surface area contributed by atoms with Crippen LogP contribution < -0.4 is 10.1 Å². The van der Waals surface area contributed by atoms with Crippen LogP contribution in [0.25, 0.3) is 0 Å². The van der Waals surface area contributed by atoms with E-state index >= 15 is 0 Å². The van der Waals surface area contributed by atoms with E-state index in [-0.39, 0.29) is 6.04 Å². The molecule has 0 saturated heterocycles. The van der Waals surface area contributed by atoms with Gasteiger partial charge in [-0.1, -0.05) is 11.6 Å². The maximum atomic E-state index is 6.05. The van der Waals surface area contributed by atoms with E-state index in [4.69, 9.17) is 16.3 Å². The second-order valence-corrected chi connectivity index (χ2v) is 5.73. The van der Waals surface area contributed by atoms with Crippen LogP contribution in [0.4, 0.5) is 0 Å². The van der Waals surface area contributed by atoms with Gasteiger partial charge in [0.05, 0.1) is 18.3 Å². The van der Waals surface area contributed by atoms with Gasteiger partial charge in [0, 0.05) is 28.0 Å². The minimum atomic E-state index is 0.162. The molecule has 1 atom stereocenters. The number of hydrogen-bond acceptors (Lipinski definition) is 4. The van der Waals surface area contributed by atoms with Crippen LogP contribution in [-0.2, 0) is 6.54 Å². The number of nitrogens with one attached hydrogen (secondary N) is 1. The van der Waals surface area contributed by atoms with Gasteiger partial charge in [0.2, 0.25) is 0 Å². The molecule has 0 fully saturated rings. The van der Waals surface area contributed by atoms with Crippen LogP contribution in [0.1, 0.15) is 29.1 Å². The Bertz CT molecular complexity index is 556. The Morgan fingerprint density at radius 2 is 2.26 bits per heavy atom. The van der Waals surface area contributed by atoms with Crippen LogP contribution in [0.2, 0.25) is 5.02 Å². The first-order valence-electron chi connectivity index (χ1n) is 6.07. The number of rotatable bonds is 5. The molecular formula is C14H17ClN2OS. The highest BCUT2D eigenvalue weighted by molar-refractivity contribution is 7.09. The Morgan fingerprint density at radius 1 is 1.47 bits per heavy atom. The number of halogens is 1. The fraction of sp³-hybridized carbons (Fsp3) is 0.357. The monoisotopic (exact) mass is 296 g/mol. The van der Waals surface area contributed by atoms with Crippen molar-refractivity contribution >= 4 is 22.9 Å². The van der Waals surface area contributed by atoms with Crippen molar-refractivity contribution in [3.63, 3.8) is 0 Å². The molecule has 0 aliphatic carbocycles. The number of ether oxygens (including phenoxy) is 1. The molecule has 2 rings (SSSR count). The van der Waals surface area contributed by atoms with Gasteiger partial charge in [0.15, 0.2) is 0 Å². The molecule has 5 heteroatoms. The Morgan fingerprint density at radius 3 is 2.89 bits per heavy atom. The van der Waals surface area contributed by atoms with Crippen LogP contribution in [0.3, 0.4) is 0 Å². The van der Waals surface area contributed by atoms with Crippen molar-refractivity contribution in [3.8, 4) is 5.75 Å². The predicted octanol–water partition coefficient (Wildman–Crippen LogP) is 3.96. The molecule has 0 aliphatic heterocycles. The van der Waals surface area contributed by atoms with E-state index in [0.717, 1.165) is 28.6 Å². The lowest BCUT2D eigenvalue weighted by Gasteiger charge is -2.17. The Balaban J connectivity index is 2.09. The van der Waals surface area contributed by atoms with Crippen LogP contribution in [0.15, 0.2) is 23.7 Å². The second kappa shape index (κ2) is 6.37. The number of aryl methyl sites for hydroxylation is 1. The molecule has 0 unspecified atom stereocenters. The fourth-order valence-electron chi connectivity index (χ4n) is 1.90. The molecule has 1 aromatic heterocycles. The van der Waals surface area contributed by atoms with Crippen molar-refractivity contribution in [1.82, 2.24) is 10.3 Å². The normalized spacial score (nSPS) is 12.4. The highest BCUT2D eigenvalue weighted by Gasteiger charge is 2.12. The molecule has 0 radical (unpaired) electrons. The SMILES string of the molecule is COc1ccc(Cl)cc1[C@@H](C)NCc1scnc1C. The van der Waals surface area contributed by atoms with Gasteiger partial charge < -0.3 is 10.1 Å². The highest BCUT2D eigenvalue weighted by Crippen LogP contribution is 2.28. The molecule has 19 heavy (non-hydrogen) atoms. The summed E-state index contributed by atoms with van der Waals surface area (Å²) in [5.74, 6) is 0.852. The van der Waals surface area contributed by atoms with Crippen LogP contribution in [0.5, 0.6) is 5.75 Å². The molecule has 1 heterocycles. The summed E-state index contributed by atoms with van der Waals surface area (Å²) in [6, 6.07) is 5.84. The number of hydrogen-bond donors (Lipinski definition) is 1. The lowest BCUT2D eigenvalue weighted by atomic mass is 10.1. The standard InChI is InChI=1S/C14H17ClN2OS/c1-9(16-7-14-10(2)17-8-19-14)12-6-11(15)4-5-13(12)18-3/h4-6,8-9,16H,7H2,1-3H3/t9-/m1/s1. The molecule has 102 valence electrons. The minimum Gasteiger partial charge on any atom is -0.496 e. The lowest BCUT2D eigenvalue weighted by molar-refractivity contribution is 0.401. The van der Waals surface area contributed by atoms with Gasteiger partial charge in [0.1, 0.15) is 5.75 Å². The molecule has 2 aromatic rings. The average Bonchev–Trinajstić information content (AvgIpc) is 2.81. The van der Waals surface area contributed by atoms with E-state index in [1.807, 2.05) is 30.6 Å². The minimum absolute atomic E-state index is 0.162. The quantitative estimate of drug-likeness (QED) is 0.907. The third-order valence-electron chi connectivity index (χ3n) is 3.07. The van der Waals surface area contributed by atoms with Crippen LogP contribution in [0, 0.1) is 6.92 Å². The number of benzene rings is 1. The third kappa shape index (κ3) is 3.47. The van der Waals surface area contributed by atoms with Crippen molar-refractivity contribution in [2.75, 3.05) is 7.11 Å². The Kier molecular flexibility index (Phi) is 4.80. The van der Waals surface area contributed by atoms with Gasteiger partial charge in [0.25, 0.3) is 0 Å². The van der Waals surface area contributed by atoms with Crippen LogP contribution in [-0.4, -0.2) is 12.1 Å². The summed E-state index contributed by atoms with van der Waals surface area (Å²) in [6.45, 7) is 4.93. The van der Waals surface area contributed by atoms with Gasteiger partial charge in [-0.2, -0.15) is 0 Å². The Hall–Kier alpha value is -1.10. The first-order valence-corrected chi connectivity index (χ1v) is 7.33. The molecule has 0 bridgehead atoms. The van der Waals surface area contributed by atoms with E-state index in [2.05, 4.69) is 17.2 Å². The molecule has 3 nitrogen and oxygen atoms in total. The maximum Gasteiger partial charge on any atom is 0.123 e.